The lowest BCUT2D eigenvalue weighted by atomic mass is 10.3. The summed E-state index contributed by atoms with van der Waals surface area (Å²) in [7, 11) is 0. The Morgan fingerprint density at radius 2 is 1.04 bits per heavy atom. The molecule has 0 atom stereocenters. The largest absolute Gasteiger partial charge is 0.425 e. The summed E-state index contributed by atoms with van der Waals surface area (Å²) in [5, 5.41) is 8.24. The van der Waals surface area contributed by atoms with Crippen molar-refractivity contribution >= 4 is 35.1 Å². The number of halogens is 2. The second-order valence-electron chi connectivity index (χ2n) is 4.46. The Hall–Kier alpha value is -2.44. The molecule has 2 rings (SSSR count). The summed E-state index contributed by atoms with van der Waals surface area (Å²) in [5.74, 6) is -0.511. The molecule has 0 radical (unpaired) electrons. The first-order chi connectivity index (χ1) is 11.5. The summed E-state index contributed by atoms with van der Waals surface area (Å²) >= 11 is 11.4. The third-order valence-corrected chi connectivity index (χ3v) is 3.09. The van der Waals surface area contributed by atoms with E-state index in [-0.39, 0.29) is 13.1 Å². The monoisotopic (exact) mass is 366 g/mol. The molecule has 24 heavy (non-hydrogen) atoms. The Balaban J connectivity index is 1.71. The Morgan fingerprint density at radius 3 is 1.38 bits per heavy atom. The van der Waals surface area contributed by atoms with Crippen LogP contribution in [0.15, 0.2) is 58.8 Å². The number of azo groups is 1. The number of rotatable bonds is 6. The molecule has 0 heterocycles. The van der Waals surface area contributed by atoms with Crippen LogP contribution >= 0.6 is 23.2 Å². The van der Waals surface area contributed by atoms with Crippen LogP contribution in [-0.4, -0.2) is 25.0 Å². The van der Waals surface area contributed by atoms with Crippen LogP contribution in [0.25, 0.3) is 0 Å². The average molecular weight is 367 g/mol. The number of nitrogens with zero attached hydrogens (tertiary/aromatic N) is 2. The molecule has 0 spiro atoms. The highest BCUT2D eigenvalue weighted by Crippen LogP contribution is 2.16. The van der Waals surface area contributed by atoms with Crippen molar-refractivity contribution in [3.8, 4) is 11.5 Å². The second kappa shape index (κ2) is 9.00. The van der Waals surface area contributed by atoms with Gasteiger partial charge in [-0.05, 0) is 48.5 Å². The van der Waals surface area contributed by atoms with E-state index < -0.39 is 11.9 Å². The molecule has 0 aliphatic carbocycles. The molecule has 0 amide bonds. The van der Waals surface area contributed by atoms with Gasteiger partial charge in [-0.15, -0.1) is 0 Å². The molecule has 0 aliphatic rings. The van der Waals surface area contributed by atoms with Crippen LogP contribution in [0.4, 0.5) is 0 Å². The maximum Gasteiger partial charge on any atom is 0.335 e. The van der Waals surface area contributed by atoms with Gasteiger partial charge in [0.2, 0.25) is 0 Å². The first-order valence-electron chi connectivity index (χ1n) is 6.79. The summed E-state index contributed by atoms with van der Waals surface area (Å²) < 4.78 is 10.0. The van der Waals surface area contributed by atoms with E-state index in [4.69, 9.17) is 32.7 Å². The van der Waals surface area contributed by atoms with Gasteiger partial charge in [-0.2, -0.15) is 10.2 Å². The molecular formula is C16H12Cl2N2O4. The van der Waals surface area contributed by atoms with E-state index in [2.05, 4.69) is 10.2 Å². The summed E-state index contributed by atoms with van der Waals surface area (Å²) in [6.45, 7) is -0.617. The number of hydrogen-bond acceptors (Lipinski definition) is 6. The number of hydrogen-bond donors (Lipinski definition) is 0. The lowest BCUT2D eigenvalue weighted by molar-refractivity contribution is -0.134. The van der Waals surface area contributed by atoms with Crippen molar-refractivity contribution in [1.82, 2.24) is 0 Å². The van der Waals surface area contributed by atoms with Gasteiger partial charge in [-0.1, -0.05) is 23.2 Å². The van der Waals surface area contributed by atoms with E-state index in [1.807, 2.05) is 0 Å². The van der Waals surface area contributed by atoms with Gasteiger partial charge in [0.25, 0.3) is 0 Å². The fourth-order valence-electron chi connectivity index (χ4n) is 1.55. The molecule has 0 saturated carbocycles. The van der Waals surface area contributed by atoms with Crippen LogP contribution in [0.1, 0.15) is 0 Å². The summed E-state index contributed by atoms with van der Waals surface area (Å²) in [5.41, 5.74) is 0. The van der Waals surface area contributed by atoms with Crippen LogP contribution in [0.3, 0.4) is 0 Å². The zero-order chi connectivity index (χ0) is 17.4. The molecule has 0 aromatic heterocycles. The Morgan fingerprint density at radius 1 is 0.708 bits per heavy atom. The second-order valence-corrected chi connectivity index (χ2v) is 5.33. The zero-order valence-electron chi connectivity index (χ0n) is 12.3. The summed E-state index contributed by atoms with van der Waals surface area (Å²) in [4.78, 5) is 23.1. The fraction of sp³-hybridized carbons (Fsp3) is 0.125. The van der Waals surface area contributed by atoms with E-state index in [0.717, 1.165) is 0 Å². The molecular weight excluding hydrogens is 355 g/mol. The molecule has 0 bridgehead atoms. The van der Waals surface area contributed by atoms with Crippen molar-refractivity contribution < 1.29 is 19.1 Å². The third-order valence-electron chi connectivity index (χ3n) is 2.59. The van der Waals surface area contributed by atoms with Gasteiger partial charge in [0, 0.05) is 10.0 Å². The van der Waals surface area contributed by atoms with Crippen LogP contribution in [0, 0.1) is 0 Å². The van der Waals surface area contributed by atoms with Gasteiger partial charge >= 0.3 is 11.9 Å². The zero-order valence-corrected chi connectivity index (χ0v) is 13.8. The first-order valence-corrected chi connectivity index (χ1v) is 7.54. The molecule has 8 heteroatoms. The molecule has 0 N–H and O–H groups in total. The first kappa shape index (κ1) is 17.9. The quantitative estimate of drug-likeness (QED) is 0.440. The minimum atomic E-state index is -0.604. The van der Waals surface area contributed by atoms with E-state index in [9.17, 15) is 9.59 Å². The Bertz CT molecular complexity index is 667. The highest BCUT2D eigenvalue weighted by Gasteiger charge is 2.06. The van der Waals surface area contributed by atoms with Gasteiger partial charge in [-0.3, -0.25) is 0 Å². The van der Waals surface area contributed by atoms with Gasteiger partial charge in [0.1, 0.15) is 11.5 Å². The minimum Gasteiger partial charge on any atom is -0.425 e. The Kier molecular flexibility index (Phi) is 6.72. The number of benzene rings is 2. The van der Waals surface area contributed by atoms with E-state index in [1.165, 1.54) is 0 Å². The number of ether oxygens (including phenoxy) is 2. The van der Waals surface area contributed by atoms with E-state index in [0.29, 0.717) is 21.5 Å². The van der Waals surface area contributed by atoms with Crippen molar-refractivity contribution in [2.75, 3.05) is 13.1 Å². The SMILES string of the molecule is O=C(CN=NCC(=O)Oc1ccc(Cl)cc1)Oc1ccc(Cl)cc1. The number of carbonyl (C=O) groups excluding carboxylic acids is 2. The molecule has 0 aliphatic heterocycles. The van der Waals surface area contributed by atoms with Crippen LogP contribution in [-0.2, 0) is 9.59 Å². The Labute approximate surface area is 148 Å². The highest BCUT2D eigenvalue weighted by molar-refractivity contribution is 6.30. The molecule has 6 nitrogen and oxygen atoms in total. The molecule has 0 fully saturated rings. The maximum absolute atomic E-state index is 11.5. The number of esters is 2. The molecule has 124 valence electrons. The van der Waals surface area contributed by atoms with E-state index in [1.54, 1.807) is 48.5 Å². The summed E-state index contributed by atoms with van der Waals surface area (Å²) in [6, 6.07) is 12.6. The smallest absolute Gasteiger partial charge is 0.335 e. The van der Waals surface area contributed by atoms with Gasteiger partial charge in [0.15, 0.2) is 13.1 Å². The third kappa shape index (κ3) is 6.36. The fourth-order valence-corrected chi connectivity index (χ4v) is 1.80. The average Bonchev–Trinajstić information content (AvgIpc) is 2.56. The normalized spacial score (nSPS) is 10.6. The van der Waals surface area contributed by atoms with Gasteiger partial charge in [-0.25, -0.2) is 9.59 Å². The highest BCUT2D eigenvalue weighted by atomic mass is 35.5. The molecule has 2 aromatic rings. The van der Waals surface area contributed by atoms with Gasteiger partial charge in [0.05, 0.1) is 0 Å². The predicted molar refractivity (Wildman–Crippen MR) is 88.8 cm³/mol. The van der Waals surface area contributed by atoms with Gasteiger partial charge < -0.3 is 9.47 Å². The van der Waals surface area contributed by atoms with E-state index >= 15 is 0 Å². The van der Waals surface area contributed by atoms with Crippen molar-refractivity contribution in [2.24, 2.45) is 10.2 Å². The van der Waals surface area contributed by atoms with Crippen LogP contribution < -0.4 is 9.47 Å². The van der Waals surface area contributed by atoms with Crippen molar-refractivity contribution in [1.29, 1.82) is 0 Å². The van der Waals surface area contributed by atoms with Crippen molar-refractivity contribution in [3.05, 3.63) is 58.6 Å². The minimum absolute atomic E-state index is 0.309. The van der Waals surface area contributed by atoms with Crippen LogP contribution in [0.2, 0.25) is 10.0 Å². The topological polar surface area (TPSA) is 77.3 Å². The molecule has 2 aromatic carbocycles. The lowest BCUT2D eigenvalue weighted by Crippen LogP contribution is -2.13. The summed E-state index contributed by atoms with van der Waals surface area (Å²) in [6.07, 6.45) is 0. The van der Waals surface area contributed by atoms with Crippen LogP contribution in [0.5, 0.6) is 11.5 Å². The predicted octanol–water partition coefficient (Wildman–Crippen LogP) is 3.96. The van der Waals surface area contributed by atoms with Crippen molar-refractivity contribution in [2.45, 2.75) is 0 Å². The molecule has 0 unspecified atom stereocenters. The number of carbonyl (C=O) groups is 2. The maximum atomic E-state index is 11.5. The standard InChI is InChI=1S/C16H12Cl2N2O4/c17-11-1-5-13(6-2-11)23-15(21)9-19-20-10-16(22)24-14-7-3-12(18)4-8-14/h1-8H,9-10H2. The lowest BCUT2D eigenvalue weighted by Gasteiger charge is -2.02. The van der Waals surface area contributed by atoms with Crippen molar-refractivity contribution in [3.63, 3.8) is 0 Å². The molecule has 0 saturated heterocycles.